The fourth-order valence-electron chi connectivity index (χ4n) is 3.44. The van der Waals surface area contributed by atoms with Crippen LogP contribution >= 0.6 is 0 Å². The Morgan fingerprint density at radius 3 is 2.66 bits per heavy atom. The Hall–Kier alpha value is -5.22. The van der Waals surface area contributed by atoms with Crippen molar-refractivity contribution in [2.24, 2.45) is 0 Å². The number of hydrogen-bond donors (Lipinski definition) is 3. The number of para-hydroxylation sites is 2. The standard InChI is InChI=1S/C25H23N9O6S/c1-15-7-8-20(27-14-15)41(36,37)32-24-21(40-19-6-4-3-5-18(19)38-2)25(39-12-11-35)29-22(28-24)16-9-10-26-17(13-16)23-30-33-34-31-23/h3-10,13-14,35H,11-12H2,1-2H3,(H,28,29,32)(H,30,31,33,34)/i2D3. The number of anilines is 1. The van der Waals surface area contributed by atoms with Crippen LogP contribution in [0, 0.1) is 6.92 Å². The van der Waals surface area contributed by atoms with Gasteiger partial charge in [-0.15, -0.1) is 10.2 Å². The van der Waals surface area contributed by atoms with Crippen molar-refractivity contribution in [3.05, 3.63) is 66.5 Å². The zero-order valence-electron chi connectivity index (χ0n) is 24.2. The van der Waals surface area contributed by atoms with Gasteiger partial charge >= 0.3 is 0 Å². The van der Waals surface area contributed by atoms with Crippen molar-refractivity contribution < 1.29 is 31.8 Å². The van der Waals surface area contributed by atoms with Crippen molar-refractivity contribution in [3.63, 3.8) is 0 Å². The van der Waals surface area contributed by atoms with Crippen molar-refractivity contribution in [3.8, 4) is 46.0 Å². The molecule has 5 rings (SSSR count). The summed E-state index contributed by atoms with van der Waals surface area (Å²) in [4.78, 5) is 17.0. The number of aliphatic hydroxyl groups excluding tert-OH is 1. The second-order valence-corrected chi connectivity index (χ2v) is 9.83. The largest absolute Gasteiger partial charge is 0.493 e. The highest BCUT2D eigenvalue weighted by Crippen LogP contribution is 2.41. The zero-order valence-corrected chi connectivity index (χ0v) is 22.0. The molecule has 0 saturated carbocycles. The molecule has 0 fully saturated rings. The third kappa shape index (κ3) is 6.18. The lowest BCUT2D eigenvalue weighted by atomic mass is 10.2. The van der Waals surface area contributed by atoms with Crippen LogP contribution < -0.4 is 18.9 Å². The molecule has 0 unspecified atom stereocenters. The van der Waals surface area contributed by atoms with Gasteiger partial charge in [-0.25, -0.2) is 9.97 Å². The molecular weight excluding hydrogens is 554 g/mol. The van der Waals surface area contributed by atoms with Gasteiger partial charge in [0.1, 0.15) is 12.3 Å². The lowest BCUT2D eigenvalue weighted by Gasteiger charge is -2.18. The molecule has 41 heavy (non-hydrogen) atoms. The van der Waals surface area contributed by atoms with Crippen LogP contribution in [-0.2, 0) is 10.0 Å². The highest BCUT2D eigenvalue weighted by Gasteiger charge is 2.26. The zero-order chi connectivity index (χ0) is 31.3. The maximum absolute atomic E-state index is 13.4. The predicted molar refractivity (Wildman–Crippen MR) is 144 cm³/mol. The number of H-pyrrole nitrogens is 1. The smallest absolute Gasteiger partial charge is 0.280 e. The summed E-state index contributed by atoms with van der Waals surface area (Å²) in [7, 11) is -7.19. The number of aromatic amines is 1. The van der Waals surface area contributed by atoms with Crippen molar-refractivity contribution in [2.45, 2.75) is 11.9 Å². The van der Waals surface area contributed by atoms with Gasteiger partial charge in [0.15, 0.2) is 28.2 Å². The maximum Gasteiger partial charge on any atom is 0.280 e. The summed E-state index contributed by atoms with van der Waals surface area (Å²) in [6.45, 7) is 1.06. The molecule has 0 aliphatic rings. The predicted octanol–water partition coefficient (Wildman–Crippen LogP) is 2.39. The quantitative estimate of drug-likeness (QED) is 0.206. The minimum atomic E-state index is -4.37. The van der Waals surface area contributed by atoms with Gasteiger partial charge in [-0.2, -0.15) is 18.6 Å². The van der Waals surface area contributed by atoms with E-state index in [0.29, 0.717) is 11.3 Å². The number of rotatable bonds is 11. The molecule has 4 heterocycles. The van der Waals surface area contributed by atoms with Gasteiger partial charge in [-0.3, -0.25) is 9.71 Å². The summed E-state index contributed by atoms with van der Waals surface area (Å²) < 4.78 is 68.5. The summed E-state index contributed by atoms with van der Waals surface area (Å²) in [5, 5.41) is 22.8. The van der Waals surface area contributed by atoms with Crippen LogP contribution in [0.2, 0.25) is 0 Å². The number of hydrogen-bond acceptors (Lipinski definition) is 13. The van der Waals surface area contributed by atoms with Gasteiger partial charge in [-0.05, 0) is 48.0 Å². The lowest BCUT2D eigenvalue weighted by Crippen LogP contribution is -2.17. The molecule has 0 saturated heterocycles. The van der Waals surface area contributed by atoms with Crippen LogP contribution in [0.3, 0.4) is 0 Å². The van der Waals surface area contributed by atoms with Crippen LogP contribution in [-0.4, -0.2) is 74.3 Å². The molecule has 0 aliphatic heterocycles. The average Bonchev–Trinajstić information content (AvgIpc) is 3.53. The van der Waals surface area contributed by atoms with Gasteiger partial charge in [0.25, 0.3) is 15.9 Å². The Bertz CT molecular complexity index is 1860. The first kappa shape index (κ1) is 23.6. The van der Waals surface area contributed by atoms with E-state index < -0.39 is 29.5 Å². The molecule has 0 spiro atoms. The van der Waals surface area contributed by atoms with E-state index in [4.69, 9.17) is 18.3 Å². The summed E-state index contributed by atoms with van der Waals surface area (Å²) in [6.07, 6.45) is 2.82. The second-order valence-electron chi connectivity index (χ2n) is 8.20. The number of pyridine rings is 2. The summed E-state index contributed by atoms with van der Waals surface area (Å²) in [5.41, 5.74) is 1.39. The SMILES string of the molecule is [2H]C([2H])([2H])Oc1ccccc1Oc1c(NS(=O)(=O)c2ccc(C)cn2)nc(-c2ccnc(-c3nn[nH]n3)c2)nc1OCCO. The van der Waals surface area contributed by atoms with E-state index in [1.807, 2.05) is 0 Å². The van der Waals surface area contributed by atoms with Crippen molar-refractivity contribution >= 4 is 15.8 Å². The molecule has 4 aromatic heterocycles. The Balaban J connectivity index is 1.67. The summed E-state index contributed by atoms with van der Waals surface area (Å²) in [6, 6.07) is 11.8. The first-order valence-electron chi connectivity index (χ1n) is 13.3. The van der Waals surface area contributed by atoms with E-state index in [2.05, 4.69) is 45.3 Å². The molecule has 0 bridgehead atoms. The van der Waals surface area contributed by atoms with Crippen molar-refractivity contribution in [2.75, 3.05) is 25.0 Å². The normalized spacial score (nSPS) is 12.6. The number of nitrogens with one attached hydrogen (secondary N) is 2. The van der Waals surface area contributed by atoms with E-state index in [9.17, 15) is 13.5 Å². The van der Waals surface area contributed by atoms with Gasteiger partial charge < -0.3 is 19.3 Å². The van der Waals surface area contributed by atoms with Crippen LogP contribution in [0.1, 0.15) is 9.68 Å². The molecular formula is C25H23N9O6S. The molecule has 0 radical (unpaired) electrons. The number of aromatic nitrogens is 8. The Morgan fingerprint density at radius 2 is 1.93 bits per heavy atom. The summed E-state index contributed by atoms with van der Waals surface area (Å²) in [5.74, 6) is -1.21. The highest BCUT2D eigenvalue weighted by molar-refractivity contribution is 7.92. The lowest BCUT2D eigenvalue weighted by molar-refractivity contribution is 0.192. The van der Waals surface area contributed by atoms with Crippen LogP contribution in [0.5, 0.6) is 23.1 Å². The first-order chi connectivity index (χ1) is 21.0. The molecule has 1 aromatic carbocycles. The van der Waals surface area contributed by atoms with E-state index in [-0.39, 0.29) is 46.4 Å². The van der Waals surface area contributed by atoms with Crippen LogP contribution in [0.15, 0.2) is 66.0 Å². The maximum atomic E-state index is 13.4. The minimum Gasteiger partial charge on any atom is -0.493 e. The molecule has 0 atom stereocenters. The van der Waals surface area contributed by atoms with Crippen LogP contribution in [0.25, 0.3) is 22.9 Å². The molecule has 5 aromatic rings. The minimum absolute atomic E-state index is 0.0426. The molecule has 0 aliphatic carbocycles. The molecule has 16 heteroatoms. The first-order valence-corrected chi connectivity index (χ1v) is 13.3. The number of nitrogens with zero attached hydrogens (tertiary/aromatic N) is 7. The number of sulfonamides is 1. The van der Waals surface area contributed by atoms with Crippen molar-refractivity contribution in [1.29, 1.82) is 0 Å². The fraction of sp³-hybridized carbons (Fsp3) is 0.160. The third-order valence-corrected chi connectivity index (χ3v) is 6.57. The topological polar surface area (TPSA) is 200 Å². The molecule has 3 N–H and O–H groups in total. The number of tetrazole rings is 1. The highest BCUT2D eigenvalue weighted by atomic mass is 32.2. The molecule has 210 valence electrons. The summed E-state index contributed by atoms with van der Waals surface area (Å²) >= 11 is 0. The Kier molecular flexibility index (Phi) is 6.86. The van der Waals surface area contributed by atoms with E-state index in [1.54, 1.807) is 25.1 Å². The van der Waals surface area contributed by atoms with E-state index >= 15 is 0 Å². The molecule has 0 amide bonds. The van der Waals surface area contributed by atoms with Gasteiger partial charge in [0.05, 0.1) is 17.8 Å². The Morgan fingerprint density at radius 1 is 1.07 bits per heavy atom. The van der Waals surface area contributed by atoms with Crippen molar-refractivity contribution in [1.82, 2.24) is 40.6 Å². The van der Waals surface area contributed by atoms with E-state index in [1.165, 1.54) is 42.7 Å². The number of benzene rings is 1. The van der Waals surface area contributed by atoms with E-state index in [0.717, 1.165) is 5.56 Å². The number of methoxy groups -OCH3 is 1. The number of aliphatic hydroxyl groups is 1. The monoisotopic (exact) mass is 580 g/mol. The third-order valence-electron chi connectivity index (χ3n) is 5.32. The van der Waals surface area contributed by atoms with Crippen LogP contribution in [0.4, 0.5) is 5.82 Å². The van der Waals surface area contributed by atoms with Gasteiger partial charge in [0.2, 0.25) is 11.6 Å². The fourth-order valence-corrected chi connectivity index (χ4v) is 4.38. The molecule has 15 nitrogen and oxygen atoms in total. The Labute approximate surface area is 237 Å². The van der Waals surface area contributed by atoms with Gasteiger partial charge in [-0.1, -0.05) is 18.2 Å². The average molecular weight is 581 g/mol. The number of aryl methyl sites for hydroxylation is 1. The van der Waals surface area contributed by atoms with Gasteiger partial charge in [0, 0.05) is 18.0 Å². The number of ether oxygens (including phenoxy) is 3. The second kappa shape index (κ2) is 11.9.